The second-order valence-electron chi connectivity index (χ2n) is 7.02. The zero-order chi connectivity index (χ0) is 19.9. The summed E-state index contributed by atoms with van der Waals surface area (Å²) in [5.74, 6) is 5.60. The molecule has 2 rings (SSSR count). The van der Waals surface area contributed by atoms with Gasteiger partial charge < -0.3 is 10.4 Å². The number of nitrogens with one attached hydrogen (secondary N) is 1. The van der Waals surface area contributed by atoms with Crippen LogP contribution in [0, 0.1) is 11.8 Å². The van der Waals surface area contributed by atoms with Crippen LogP contribution in [-0.4, -0.2) is 17.6 Å². The van der Waals surface area contributed by atoms with Gasteiger partial charge in [0, 0.05) is 18.7 Å². The highest BCUT2D eigenvalue weighted by Crippen LogP contribution is 2.12. The van der Waals surface area contributed by atoms with Crippen LogP contribution in [0.2, 0.25) is 0 Å². The van der Waals surface area contributed by atoms with Gasteiger partial charge in [-0.2, -0.15) is 0 Å². The molecule has 2 N–H and O–H groups in total. The molecule has 0 spiro atoms. The van der Waals surface area contributed by atoms with E-state index in [1.807, 2.05) is 18.2 Å². The third-order valence-corrected chi connectivity index (χ3v) is 5.46. The van der Waals surface area contributed by atoms with Crippen molar-refractivity contribution in [1.82, 2.24) is 0 Å². The lowest BCUT2D eigenvalue weighted by atomic mass is 10.1. The topological polar surface area (TPSA) is 49.3 Å². The van der Waals surface area contributed by atoms with Crippen LogP contribution in [-0.2, 0) is 0 Å². The van der Waals surface area contributed by atoms with Crippen molar-refractivity contribution in [2.75, 3.05) is 11.9 Å². The lowest BCUT2D eigenvalue weighted by molar-refractivity contribution is 0.0697. The Morgan fingerprint density at radius 1 is 0.893 bits per heavy atom. The number of benzene rings is 1. The maximum Gasteiger partial charge on any atom is 0.335 e. The minimum atomic E-state index is -0.880. The van der Waals surface area contributed by atoms with Crippen LogP contribution in [0.3, 0.4) is 0 Å². The molecule has 1 aromatic carbocycles. The zero-order valence-electron chi connectivity index (χ0n) is 16.6. The Balaban J connectivity index is 1.35. The van der Waals surface area contributed by atoms with E-state index in [1.165, 1.54) is 56.2 Å². The van der Waals surface area contributed by atoms with Crippen LogP contribution in [0.25, 0.3) is 0 Å². The van der Waals surface area contributed by atoms with Gasteiger partial charge in [0.05, 0.1) is 10.4 Å². The molecule has 1 heterocycles. The van der Waals surface area contributed by atoms with E-state index in [1.54, 1.807) is 23.5 Å². The monoisotopic (exact) mass is 397 g/mol. The van der Waals surface area contributed by atoms with Gasteiger partial charge in [0.1, 0.15) is 0 Å². The first-order valence-electron chi connectivity index (χ1n) is 10.4. The number of thiophene rings is 1. The average molecular weight is 398 g/mol. The van der Waals surface area contributed by atoms with Crippen molar-refractivity contribution < 1.29 is 9.90 Å². The van der Waals surface area contributed by atoms with Crippen molar-refractivity contribution in [3.63, 3.8) is 0 Å². The number of hydrogen-bond acceptors (Lipinski definition) is 3. The SMILES string of the molecule is O=C(O)c1ccc(NCCCCCCCCCCCC#Cc2cccs2)cc1. The highest BCUT2D eigenvalue weighted by atomic mass is 32.1. The maximum absolute atomic E-state index is 10.8. The lowest BCUT2D eigenvalue weighted by Crippen LogP contribution is -2.02. The van der Waals surface area contributed by atoms with Gasteiger partial charge in [-0.05, 0) is 48.6 Å². The van der Waals surface area contributed by atoms with Crippen LogP contribution >= 0.6 is 11.3 Å². The van der Waals surface area contributed by atoms with Crippen LogP contribution in [0.4, 0.5) is 5.69 Å². The Morgan fingerprint density at radius 3 is 2.14 bits per heavy atom. The van der Waals surface area contributed by atoms with Crippen LogP contribution in [0.1, 0.15) is 79.4 Å². The smallest absolute Gasteiger partial charge is 0.335 e. The molecule has 0 atom stereocenters. The van der Waals surface area contributed by atoms with Crippen molar-refractivity contribution in [3.05, 3.63) is 52.2 Å². The number of carboxylic acid groups (broad SMARTS) is 1. The van der Waals surface area contributed by atoms with Gasteiger partial charge in [-0.1, -0.05) is 62.9 Å². The van der Waals surface area contributed by atoms with Crippen molar-refractivity contribution in [2.45, 2.75) is 64.2 Å². The number of unbranched alkanes of at least 4 members (excludes halogenated alkanes) is 9. The summed E-state index contributed by atoms with van der Waals surface area (Å²) in [6.45, 7) is 0.943. The summed E-state index contributed by atoms with van der Waals surface area (Å²) in [6, 6.07) is 11.1. The van der Waals surface area contributed by atoms with Crippen LogP contribution in [0.15, 0.2) is 41.8 Å². The first kappa shape index (κ1) is 22.0. The predicted octanol–water partition coefficient (Wildman–Crippen LogP) is 6.81. The summed E-state index contributed by atoms with van der Waals surface area (Å²) in [7, 11) is 0. The Hall–Kier alpha value is -2.25. The van der Waals surface area contributed by atoms with Gasteiger partial charge in [0.2, 0.25) is 0 Å². The van der Waals surface area contributed by atoms with E-state index in [0.29, 0.717) is 5.56 Å². The van der Waals surface area contributed by atoms with Gasteiger partial charge in [0.25, 0.3) is 0 Å². The van der Waals surface area contributed by atoms with E-state index < -0.39 is 5.97 Å². The fourth-order valence-corrected chi connectivity index (χ4v) is 3.63. The van der Waals surface area contributed by atoms with Gasteiger partial charge in [0.15, 0.2) is 0 Å². The van der Waals surface area contributed by atoms with Gasteiger partial charge in [-0.25, -0.2) is 4.79 Å². The predicted molar refractivity (Wildman–Crippen MR) is 119 cm³/mol. The molecule has 0 amide bonds. The van der Waals surface area contributed by atoms with E-state index in [2.05, 4.69) is 28.6 Å². The average Bonchev–Trinajstić information content (AvgIpc) is 3.22. The first-order chi connectivity index (χ1) is 13.8. The number of rotatable bonds is 13. The van der Waals surface area contributed by atoms with E-state index in [-0.39, 0.29) is 0 Å². The lowest BCUT2D eigenvalue weighted by Gasteiger charge is -2.06. The highest BCUT2D eigenvalue weighted by Gasteiger charge is 2.01. The van der Waals surface area contributed by atoms with Crippen LogP contribution in [0.5, 0.6) is 0 Å². The molecule has 0 fully saturated rings. The van der Waals surface area contributed by atoms with Crippen molar-refractivity contribution >= 4 is 23.0 Å². The normalized spacial score (nSPS) is 10.3. The quantitative estimate of drug-likeness (QED) is 0.288. The third kappa shape index (κ3) is 9.62. The minimum absolute atomic E-state index is 0.330. The zero-order valence-corrected chi connectivity index (χ0v) is 17.4. The number of anilines is 1. The van der Waals surface area contributed by atoms with Gasteiger partial charge in [-0.3, -0.25) is 0 Å². The van der Waals surface area contributed by atoms with Crippen LogP contribution < -0.4 is 5.32 Å². The highest BCUT2D eigenvalue weighted by molar-refractivity contribution is 7.10. The summed E-state index contributed by atoms with van der Waals surface area (Å²) in [5, 5.41) is 14.3. The summed E-state index contributed by atoms with van der Waals surface area (Å²) >= 11 is 1.71. The second-order valence-corrected chi connectivity index (χ2v) is 7.97. The maximum atomic E-state index is 10.8. The molecule has 150 valence electrons. The molecular formula is C24H31NO2S. The van der Waals surface area contributed by atoms with Crippen molar-refractivity contribution in [2.24, 2.45) is 0 Å². The molecule has 0 saturated carbocycles. The molecular weight excluding hydrogens is 366 g/mol. The van der Waals surface area contributed by atoms with E-state index >= 15 is 0 Å². The third-order valence-electron chi connectivity index (χ3n) is 4.67. The Labute approximate surface area is 173 Å². The molecule has 3 nitrogen and oxygen atoms in total. The van der Waals surface area contributed by atoms with Gasteiger partial charge >= 0.3 is 5.97 Å². The number of carbonyl (C=O) groups is 1. The molecule has 0 bridgehead atoms. The Bertz CT molecular complexity index is 726. The molecule has 0 radical (unpaired) electrons. The second kappa shape index (κ2) is 13.8. The Morgan fingerprint density at radius 2 is 1.54 bits per heavy atom. The molecule has 0 saturated heterocycles. The fourth-order valence-electron chi connectivity index (χ4n) is 3.04. The van der Waals surface area contributed by atoms with E-state index in [0.717, 1.165) is 25.1 Å². The molecule has 1 aromatic heterocycles. The standard InChI is InChI=1S/C24H31NO2S/c26-24(27)21-15-17-22(18-16-21)25-19-11-9-7-5-3-1-2-4-6-8-10-13-23-14-12-20-28-23/h12,14-18,20,25H,1-9,11,19H2,(H,26,27). The largest absolute Gasteiger partial charge is 0.478 e. The molecule has 4 heteroatoms. The summed E-state index contributed by atoms with van der Waals surface area (Å²) in [5.41, 5.74) is 1.32. The Kier molecular flexibility index (Phi) is 10.9. The molecule has 2 aromatic rings. The molecule has 0 aliphatic rings. The van der Waals surface area contributed by atoms with Crippen molar-refractivity contribution in [1.29, 1.82) is 0 Å². The van der Waals surface area contributed by atoms with Gasteiger partial charge in [-0.15, -0.1) is 11.3 Å². The summed E-state index contributed by atoms with van der Waals surface area (Å²) in [4.78, 5) is 12.0. The van der Waals surface area contributed by atoms with E-state index in [4.69, 9.17) is 5.11 Å². The van der Waals surface area contributed by atoms with Crippen molar-refractivity contribution in [3.8, 4) is 11.8 Å². The molecule has 0 aliphatic carbocycles. The summed E-state index contributed by atoms with van der Waals surface area (Å²) < 4.78 is 0. The molecule has 0 aliphatic heterocycles. The number of hydrogen-bond donors (Lipinski definition) is 2. The molecule has 0 unspecified atom stereocenters. The molecule has 28 heavy (non-hydrogen) atoms. The fraction of sp³-hybridized carbons (Fsp3) is 0.458. The number of aromatic carboxylic acids is 1. The first-order valence-corrected chi connectivity index (χ1v) is 11.2. The summed E-state index contributed by atoms with van der Waals surface area (Å²) in [6.07, 6.45) is 12.6. The minimum Gasteiger partial charge on any atom is -0.478 e. The number of carboxylic acids is 1. The van der Waals surface area contributed by atoms with E-state index in [9.17, 15) is 4.79 Å².